The first-order valence-corrected chi connectivity index (χ1v) is 12.5. The first-order chi connectivity index (χ1) is 16.8. The molecule has 0 saturated carbocycles. The molecule has 0 amide bonds. The van der Waals surface area contributed by atoms with E-state index < -0.39 is 0 Å². The number of aromatic nitrogens is 2. The second kappa shape index (κ2) is 10.3. The summed E-state index contributed by atoms with van der Waals surface area (Å²) in [5.74, 6) is 2.32. The van der Waals surface area contributed by atoms with Crippen molar-refractivity contribution in [3.63, 3.8) is 0 Å². The zero-order valence-electron chi connectivity index (χ0n) is 19.4. The van der Waals surface area contributed by atoms with Gasteiger partial charge in [-0.25, -0.2) is 9.97 Å². The lowest BCUT2D eigenvalue weighted by Crippen LogP contribution is -2.36. The van der Waals surface area contributed by atoms with Gasteiger partial charge < -0.3 is 24.4 Å². The third kappa shape index (κ3) is 4.51. The number of morpholine rings is 1. The Morgan fingerprint density at radius 2 is 1.76 bits per heavy atom. The average Bonchev–Trinajstić information content (AvgIpc) is 3.32. The number of hydrogen-bond donors (Lipinski definition) is 1. The van der Waals surface area contributed by atoms with Crippen LogP contribution >= 0.6 is 11.3 Å². The van der Waals surface area contributed by atoms with E-state index in [1.165, 1.54) is 0 Å². The van der Waals surface area contributed by atoms with Crippen molar-refractivity contribution >= 4 is 38.7 Å². The third-order valence-corrected chi connectivity index (χ3v) is 6.61. The summed E-state index contributed by atoms with van der Waals surface area (Å²) in [4.78, 5) is 12.3. The molecular formula is C26H28N4O3S. The van der Waals surface area contributed by atoms with Crippen LogP contribution in [0.5, 0.6) is 11.5 Å². The van der Waals surface area contributed by atoms with Crippen LogP contribution in [0.25, 0.3) is 21.3 Å². The molecule has 8 heteroatoms. The first kappa shape index (κ1) is 22.4. The van der Waals surface area contributed by atoms with E-state index in [1.807, 2.05) is 38.1 Å². The molecule has 3 heterocycles. The van der Waals surface area contributed by atoms with Gasteiger partial charge in [-0.2, -0.15) is 0 Å². The molecule has 1 N–H and O–H groups in total. The van der Waals surface area contributed by atoms with Gasteiger partial charge in [0.1, 0.15) is 28.5 Å². The fraction of sp³-hybridized carbons (Fsp3) is 0.308. The standard InChI is InChI=1S/C26H28N4O3S/c1-3-32-22-15-21(30-10-12-31-13-11-30)23(33-4-2)14-20(22)29-25-24-19(18-8-6-5-7-9-18)16-34-26(24)28-17-27-25/h5-9,14-17H,3-4,10-13H2,1-2H3,(H,27,28,29). The van der Waals surface area contributed by atoms with Crippen LogP contribution in [0.15, 0.2) is 54.2 Å². The summed E-state index contributed by atoms with van der Waals surface area (Å²) in [6.07, 6.45) is 1.60. The Balaban J connectivity index is 1.59. The van der Waals surface area contributed by atoms with Crippen LogP contribution in [0.4, 0.5) is 17.2 Å². The molecule has 0 radical (unpaired) electrons. The topological polar surface area (TPSA) is 68.7 Å². The van der Waals surface area contributed by atoms with Crippen LogP contribution in [0.2, 0.25) is 0 Å². The smallest absolute Gasteiger partial charge is 0.145 e. The molecule has 0 bridgehead atoms. The van der Waals surface area contributed by atoms with Gasteiger partial charge in [-0.3, -0.25) is 0 Å². The Kier molecular flexibility index (Phi) is 6.78. The van der Waals surface area contributed by atoms with E-state index in [0.717, 1.165) is 63.1 Å². The molecule has 2 aromatic carbocycles. The zero-order valence-corrected chi connectivity index (χ0v) is 20.2. The zero-order chi connectivity index (χ0) is 23.3. The molecule has 176 valence electrons. The number of nitrogens with one attached hydrogen (secondary N) is 1. The second-order valence-corrected chi connectivity index (χ2v) is 8.68. The summed E-state index contributed by atoms with van der Waals surface area (Å²) in [7, 11) is 0. The predicted molar refractivity (Wildman–Crippen MR) is 138 cm³/mol. The average molecular weight is 477 g/mol. The molecule has 34 heavy (non-hydrogen) atoms. The predicted octanol–water partition coefficient (Wildman–Crippen LogP) is 5.74. The van der Waals surface area contributed by atoms with Crippen LogP contribution < -0.4 is 19.7 Å². The summed E-state index contributed by atoms with van der Waals surface area (Å²) >= 11 is 1.61. The van der Waals surface area contributed by atoms with E-state index in [-0.39, 0.29) is 0 Å². The van der Waals surface area contributed by atoms with Gasteiger partial charge >= 0.3 is 0 Å². The maximum absolute atomic E-state index is 6.07. The summed E-state index contributed by atoms with van der Waals surface area (Å²) in [6.45, 7) is 8.16. The minimum atomic E-state index is 0.554. The van der Waals surface area contributed by atoms with Crippen molar-refractivity contribution in [3.05, 3.63) is 54.2 Å². The lowest BCUT2D eigenvalue weighted by atomic mass is 10.1. The summed E-state index contributed by atoms with van der Waals surface area (Å²) < 4.78 is 17.7. The van der Waals surface area contributed by atoms with Crippen molar-refractivity contribution < 1.29 is 14.2 Å². The van der Waals surface area contributed by atoms with Crippen molar-refractivity contribution in [2.75, 3.05) is 49.7 Å². The number of thiophene rings is 1. The minimum absolute atomic E-state index is 0.554. The summed E-state index contributed by atoms with van der Waals surface area (Å²) in [5.41, 5.74) is 4.07. The van der Waals surface area contributed by atoms with Gasteiger partial charge in [0.05, 0.1) is 43.2 Å². The molecule has 0 atom stereocenters. The lowest BCUT2D eigenvalue weighted by molar-refractivity contribution is 0.122. The molecule has 2 aromatic heterocycles. The van der Waals surface area contributed by atoms with Crippen molar-refractivity contribution in [2.24, 2.45) is 0 Å². The molecule has 5 rings (SSSR count). The first-order valence-electron chi connectivity index (χ1n) is 11.6. The van der Waals surface area contributed by atoms with E-state index in [9.17, 15) is 0 Å². The molecule has 1 aliphatic rings. The Morgan fingerprint density at radius 3 is 2.53 bits per heavy atom. The summed E-state index contributed by atoms with van der Waals surface area (Å²) in [5, 5.41) is 6.66. The molecule has 1 aliphatic heterocycles. The van der Waals surface area contributed by atoms with E-state index in [2.05, 4.69) is 43.8 Å². The monoisotopic (exact) mass is 476 g/mol. The van der Waals surface area contributed by atoms with Gasteiger partial charge in [0.25, 0.3) is 0 Å². The van der Waals surface area contributed by atoms with E-state index in [4.69, 9.17) is 14.2 Å². The molecular weight excluding hydrogens is 448 g/mol. The van der Waals surface area contributed by atoms with Crippen LogP contribution in [0.1, 0.15) is 13.8 Å². The van der Waals surface area contributed by atoms with Crippen LogP contribution in [0.3, 0.4) is 0 Å². The van der Waals surface area contributed by atoms with Crippen LogP contribution in [-0.2, 0) is 4.74 Å². The van der Waals surface area contributed by atoms with Gasteiger partial charge in [0.2, 0.25) is 0 Å². The highest BCUT2D eigenvalue weighted by Crippen LogP contribution is 2.42. The van der Waals surface area contributed by atoms with Gasteiger partial charge in [-0.15, -0.1) is 11.3 Å². The Bertz CT molecular complexity index is 1260. The number of ether oxygens (including phenoxy) is 3. The lowest BCUT2D eigenvalue weighted by Gasteiger charge is -2.31. The van der Waals surface area contributed by atoms with E-state index in [0.29, 0.717) is 26.4 Å². The Labute approximate surface area is 203 Å². The van der Waals surface area contributed by atoms with Crippen LogP contribution in [0, 0.1) is 0 Å². The highest BCUT2D eigenvalue weighted by atomic mass is 32.1. The molecule has 0 spiro atoms. The SMILES string of the molecule is CCOc1cc(N2CCOCC2)c(OCC)cc1Nc1ncnc2scc(-c3ccccc3)c12. The molecule has 0 aliphatic carbocycles. The van der Waals surface area contributed by atoms with Crippen molar-refractivity contribution in [1.82, 2.24) is 9.97 Å². The molecule has 1 fully saturated rings. The maximum Gasteiger partial charge on any atom is 0.145 e. The highest BCUT2D eigenvalue weighted by Gasteiger charge is 2.21. The minimum Gasteiger partial charge on any atom is -0.492 e. The van der Waals surface area contributed by atoms with E-state index in [1.54, 1.807) is 17.7 Å². The van der Waals surface area contributed by atoms with Crippen molar-refractivity contribution in [3.8, 4) is 22.6 Å². The van der Waals surface area contributed by atoms with Crippen molar-refractivity contribution in [2.45, 2.75) is 13.8 Å². The number of nitrogens with zero attached hydrogens (tertiary/aromatic N) is 3. The number of rotatable bonds is 8. The second-order valence-electron chi connectivity index (χ2n) is 7.82. The van der Waals surface area contributed by atoms with E-state index >= 15 is 0 Å². The molecule has 1 saturated heterocycles. The fourth-order valence-electron chi connectivity index (χ4n) is 4.17. The van der Waals surface area contributed by atoms with Gasteiger partial charge in [-0.1, -0.05) is 30.3 Å². The van der Waals surface area contributed by atoms with Crippen LogP contribution in [-0.4, -0.2) is 49.5 Å². The van der Waals surface area contributed by atoms with Gasteiger partial charge in [-0.05, 0) is 19.4 Å². The van der Waals surface area contributed by atoms with Gasteiger partial charge in [0.15, 0.2) is 0 Å². The molecule has 0 unspecified atom stereocenters. The largest absolute Gasteiger partial charge is 0.492 e. The Morgan fingerprint density at radius 1 is 1.00 bits per heavy atom. The Hall–Kier alpha value is -3.36. The molecule has 7 nitrogen and oxygen atoms in total. The number of anilines is 3. The fourth-order valence-corrected chi connectivity index (χ4v) is 5.09. The molecule has 4 aromatic rings. The van der Waals surface area contributed by atoms with Gasteiger partial charge in [0, 0.05) is 36.2 Å². The number of hydrogen-bond acceptors (Lipinski definition) is 8. The third-order valence-electron chi connectivity index (χ3n) is 5.72. The summed E-state index contributed by atoms with van der Waals surface area (Å²) in [6, 6.07) is 14.4. The number of fused-ring (bicyclic) bond motifs is 1. The van der Waals surface area contributed by atoms with Crippen molar-refractivity contribution in [1.29, 1.82) is 0 Å². The number of benzene rings is 2. The highest BCUT2D eigenvalue weighted by molar-refractivity contribution is 7.17. The normalized spacial score (nSPS) is 13.8. The quantitative estimate of drug-likeness (QED) is 0.348. The maximum atomic E-state index is 6.07.